The number of esters is 1. The molecule has 3 fully saturated rings. The molecule has 164 valence electrons. The second-order valence-corrected chi connectivity index (χ2v) is 7.62. The van der Waals surface area contributed by atoms with Crippen molar-refractivity contribution >= 4 is 5.97 Å². The Morgan fingerprint density at radius 3 is 2.48 bits per heavy atom. The third-order valence-corrected chi connectivity index (χ3v) is 6.11. The van der Waals surface area contributed by atoms with Crippen molar-refractivity contribution in [3.8, 4) is 0 Å². The summed E-state index contributed by atoms with van der Waals surface area (Å²) in [7, 11) is 1.19. The molecule has 0 aromatic rings. The van der Waals surface area contributed by atoms with E-state index in [0.29, 0.717) is 0 Å². The topological polar surface area (TPSA) is 188 Å². The predicted octanol–water partition coefficient (Wildman–Crippen LogP) is -4.05. The van der Waals surface area contributed by atoms with E-state index in [1.807, 2.05) is 0 Å². The average Bonchev–Trinajstić information content (AvgIpc) is 3.49. The lowest BCUT2D eigenvalue weighted by Gasteiger charge is -2.45. The highest BCUT2D eigenvalue weighted by molar-refractivity contribution is 5.89. The van der Waals surface area contributed by atoms with Gasteiger partial charge < -0.3 is 54.3 Å². The minimum atomic E-state index is -1.80. The van der Waals surface area contributed by atoms with E-state index >= 15 is 0 Å². The van der Waals surface area contributed by atoms with Gasteiger partial charge in [0, 0.05) is 5.92 Å². The number of carbonyl (C=O) groups excluding carboxylic acids is 1. The molecule has 1 saturated carbocycles. The first-order valence-electron chi connectivity index (χ1n) is 9.17. The molecule has 0 bridgehead atoms. The van der Waals surface area contributed by atoms with Gasteiger partial charge in [0.15, 0.2) is 6.29 Å². The first-order chi connectivity index (χ1) is 13.8. The van der Waals surface area contributed by atoms with Crippen LogP contribution in [-0.4, -0.2) is 112 Å². The van der Waals surface area contributed by atoms with Crippen LogP contribution in [0, 0.1) is 11.8 Å². The first-order valence-corrected chi connectivity index (χ1v) is 9.17. The van der Waals surface area contributed by atoms with Gasteiger partial charge in [-0.05, 0) is 0 Å². The van der Waals surface area contributed by atoms with Crippen molar-refractivity contribution in [1.82, 2.24) is 0 Å². The van der Waals surface area contributed by atoms with Crippen LogP contribution in [0.4, 0.5) is 0 Å². The SMILES string of the molecule is COC(=O)C1=CO[C@@H](O[C@@H]2O[C@H](CO)[C@@H](O)[C@H](O)[C@H]2O)[C@H]2[C@@H]1[C@@H]1O[C@@H]1[C@@]2(O)CO. The van der Waals surface area contributed by atoms with Gasteiger partial charge in [-0.25, -0.2) is 4.79 Å². The summed E-state index contributed by atoms with van der Waals surface area (Å²) in [5, 5.41) is 60.1. The zero-order chi connectivity index (χ0) is 21.1. The molecule has 0 radical (unpaired) electrons. The highest BCUT2D eigenvalue weighted by atomic mass is 16.8. The summed E-state index contributed by atoms with van der Waals surface area (Å²) in [6.45, 7) is -1.35. The molecule has 2 saturated heterocycles. The second kappa shape index (κ2) is 7.41. The molecule has 29 heavy (non-hydrogen) atoms. The Balaban J connectivity index is 1.61. The fourth-order valence-electron chi connectivity index (χ4n) is 4.51. The van der Waals surface area contributed by atoms with Crippen molar-refractivity contribution in [3.05, 3.63) is 11.8 Å². The van der Waals surface area contributed by atoms with Crippen LogP contribution in [0.15, 0.2) is 11.8 Å². The first kappa shape index (κ1) is 20.9. The lowest BCUT2D eigenvalue weighted by molar-refractivity contribution is -0.349. The van der Waals surface area contributed by atoms with E-state index in [1.165, 1.54) is 7.11 Å². The van der Waals surface area contributed by atoms with Crippen molar-refractivity contribution in [3.63, 3.8) is 0 Å². The van der Waals surface area contributed by atoms with E-state index in [-0.39, 0.29) is 5.57 Å². The number of fused-ring (bicyclic) bond motifs is 3. The Hall–Kier alpha value is -1.35. The molecule has 3 heterocycles. The number of aliphatic hydroxyl groups excluding tert-OH is 5. The van der Waals surface area contributed by atoms with Crippen LogP contribution in [-0.2, 0) is 28.5 Å². The van der Waals surface area contributed by atoms with Gasteiger partial charge in [-0.1, -0.05) is 0 Å². The Morgan fingerprint density at radius 2 is 1.86 bits per heavy atom. The summed E-state index contributed by atoms with van der Waals surface area (Å²) in [4.78, 5) is 12.1. The summed E-state index contributed by atoms with van der Waals surface area (Å²) in [6, 6.07) is 0. The van der Waals surface area contributed by atoms with E-state index in [0.717, 1.165) is 6.26 Å². The minimum Gasteiger partial charge on any atom is -0.471 e. The zero-order valence-corrected chi connectivity index (χ0v) is 15.4. The molecule has 0 unspecified atom stereocenters. The van der Waals surface area contributed by atoms with Crippen molar-refractivity contribution in [2.45, 2.75) is 54.8 Å². The van der Waals surface area contributed by atoms with Crippen molar-refractivity contribution in [2.75, 3.05) is 20.3 Å². The molecule has 6 N–H and O–H groups in total. The Labute approximate surface area is 164 Å². The summed E-state index contributed by atoms with van der Waals surface area (Å²) < 4.78 is 26.6. The summed E-state index contributed by atoms with van der Waals surface area (Å²) in [6.07, 6.45) is -9.15. The average molecular weight is 420 g/mol. The highest BCUT2D eigenvalue weighted by Gasteiger charge is 2.74. The molecule has 0 amide bonds. The maximum atomic E-state index is 12.1. The quantitative estimate of drug-likeness (QED) is 0.187. The summed E-state index contributed by atoms with van der Waals surface area (Å²) >= 11 is 0. The van der Waals surface area contributed by atoms with E-state index in [1.54, 1.807) is 0 Å². The largest absolute Gasteiger partial charge is 0.471 e. The molecule has 11 atom stereocenters. The Bertz CT molecular complexity index is 681. The Kier molecular flexibility index (Phi) is 5.34. The van der Waals surface area contributed by atoms with E-state index < -0.39 is 85.8 Å². The summed E-state index contributed by atoms with van der Waals surface area (Å²) in [5.74, 6) is -2.39. The molecule has 4 aliphatic rings. The van der Waals surface area contributed by atoms with Gasteiger partial charge in [0.05, 0.1) is 44.2 Å². The molecule has 1 aliphatic carbocycles. The third kappa shape index (κ3) is 3.07. The number of hydrogen-bond acceptors (Lipinski definition) is 12. The number of carbonyl (C=O) groups is 1. The molecular weight excluding hydrogens is 396 g/mol. The molecule has 0 aromatic carbocycles. The van der Waals surface area contributed by atoms with Gasteiger partial charge in [-0.3, -0.25) is 0 Å². The van der Waals surface area contributed by atoms with E-state index in [9.17, 15) is 35.4 Å². The van der Waals surface area contributed by atoms with Gasteiger partial charge >= 0.3 is 5.97 Å². The number of epoxide rings is 1. The molecule has 0 spiro atoms. The minimum absolute atomic E-state index is 0.100. The molecule has 0 aromatic heterocycles. The maximum absolute atomic E-state index is 12.1. The molecule has 12 heteroatoms. The number of rotatable bonds is 5. The van der Waals surface area contributed by atoms with Crippen LogP contribution < -0.4 is 0 Å². The lowest BCUT2D eigenvalue weighted by Crippen LogP contribution is -2.61. The second-order valence-electron chi connectivity index (χ2n) is 7.62. The van der Waals surface area contributed by atoms with Crippen molar-refractivity contribution < 1.29 is 59.1 Å². The van der Waals surface area contributed by atoms with Crippen LogP contribution in [0.1, 0.15) is 0 Å². The van der Waals surface area contributed by atoms with Gasteiger partial charge in [-0.15, -0.1) is 0 Å². The predicted molar refractivity (Wildman–Crippen MR) is 87.5 cm³/mol. The fraction of sp³-hybridized carbons (Fsp3) is 0.824. The van der Waals surface area contributed by atoms with Gasteiger partial charge in [-0.2, -0.15) is 0 Å². The monoisotopic (exact) mass is 420 g/mol. The smallest absolute Gasteiger partial charge is 0.337 e. The highest BCUT2D eigenvalue weighted by Crippen LogP contribution is 2.58. The molecular formula is C17H24O12. The number of hydrogen-bond donors (Lipinski definition) is 6. The standard InChI is InChI=1S/C17H24O12/c1-25-14(23)5-3-26-15(8-7(5)12-13(28-12)17(8,24)4-19)29-16-11(22)10(21)9(20)6(2-18)27-16/h3,6-13,15-16,18-22,24H,2,4H2,1H3/t6-,7-,8-,9-,10+,11-,12+,13+,15+,16+,17-/m1/s1. The normalized spacial score (nSPS) is 50.8. The number of methoxy groups -OCH3 is 1. The van der Waals surface area contributed by atoms with Gasteiger partial charge in [0.25, 0.3) is 0 Å². The van der Waals surface area contributed by atoms with Crippen LogP contribution in [0.3, 0.4) is 0 Å². The van der Waals surface area contributed by atoms with E-state index in [2.05, 4.69) is 0 Å². The van der Waals surface area contributed by atoms with E-state index in [4.69, 9.17) is 23.7 Å². The Morgan fingerprint density at radius 1 is 1.14 bits per heavy atom. The zero-order valence-electron chi connectivity index (χ0n) is 15.4. The number of aliphatic hydroxyl groups is 6. The number of ether oxygens (including phenoxy) is 5. The van der Waals surface area contributed by atoms with Crippen LogP contribution >= 0.6 is 0 Å². The van der Waals surface area contributed by atoms with Crippen molar-refractivity contribution in [2.24, 2.45) is 11.8 Å². The van der Waals surface area contributed by atoms with Crippen molar-refractivity contribution in [1.29, 1.82) is 0 Å². The third-order valence-electron chi connectivity index (χ3n) is 6.11. The van der Waals surface area contributed by atoms with Gasteiger partial charge in [0.1, 0.15) is 36.1 Å². The molecule has 4 rings (SSSR count). The summed E-state index contributed by atoms with van der Waals surface area (Å²) in [5.41, 5.74) is -1.70. The lowest BCUT2D eigenvalue weighted by atomic mass is 9.79. The fourth-order valence-corrected chi connectivity index (χ4v) is 4.51. The molecule has 12 nitrogen and oxygen atoms in total. The maximum Gasteiger partial charge on any atom is 0.337 e. The van der Waals surface area contributed by atoms with Crippen LogP contribution in [0.25, 0.3) is 0 Å². The van der Waals surface area contributed by atoms with Gasteiger partial charge in [0.2, 0.25) is 6.29 Å². The van der Waals surface area contributed by atoms with Crippen LogP contribution in [0.5, 0.6) is 0 Å². The molecule has 3 aliphatic heterocycles. The van der Waals surface area contributed by atoms with Crippen LogP contribution in [0.2, 0.25) is 0 Å².